The Morgan fingerprint density at radius 2 is 0.568 bits per heavy atom. The van der Waals surface area contributed by atoms with Crippen molar-refractivity contribution < 1.29 is 28.6 Å². The second-order valence-corrected chi connectivity index (χ2v) is 20.6. The van der Waals surface area contributed by atoms with Gasteiger partial charge in [0, 0.05) is 12.8 Å². The second-order valence-electron chi connectivity index (χ2n) is 20.6. The van der Waals surface area contributed by atoms with Crippen molar-refractivity contribution in [1.82, 2.24) is 0 Å². The summed E-state index contributed by atoms with van der Waals surface area (Å²) < 4.78 is 16.7. The molecule has 1 atom stereocenters. The molecule has 74 heavy (non-hydrogen) atoms. The van der Waals surface area contributed by atoms with E-state index in [9.17, 15) is 14.4 Å². The van der Waals surface area contributed by atoms with Gasteiger partial charge < -0.3 is 14.2 Å². The second kappa shape index (κ2) is 61.9. The zero-order valence-electron chi connectivity index (χ0n) is 48.6. The lowest BCUT2D eigenvalue weighted by molar-refractivity contribution is -0.166. The van der Waals surface area contributed by atoms with Crippen LogP contribution in [-0.2, 0) is 28.6 Å². The molecule has 0 spiro atoms. The largest absolute Gasteiger partial charge is 0.462 e. The van der Waals surface area contributed by atoms with E-state index in [1.54, 1.807) is 6.08 Å². The Bertz CT molecular complexity index is 1460. The van der Waals surface area contributed by atoms with E-state index in [0.717, 1.165) is 89.9 Å². The number of rotatable bonds is 56. The zero-order chi connectivity index (χ0) is 53.6. The predicted octanol–water partition coefficient (Wildman–Crippen LogP) is 21.3. The van der Waals surface area contributed by atoms with E-state index < -0.39 is 12.1 Å². The highest BCUT2D eigenvalue weighted by Crippen LogP contribution is 2.17. The molecule has 0 aromatic heterocycles. The minimum Gasteiger partial charge on any atom is -0.462 e. The molecule has 0 radical (unpaired) electrons. The van der Waals surface area contributed by atoms with Crippen molar-refractivity contribution in [3.63, 3.8) is 0 Å². The van der Waals surface area contributed by atoms with Crippen molar-refractivity contribution in [3.8, 4) is 0 Å². The monoisotopic (exact) mass is 1030 g/mol. The average Bonchev–Trinajstić information content (AvgIpc) is 3.40. The van der Waals surface area contributed by atoms with Gasteiger partial charge in [0.05, 0.1) is 6.42 Å². The highest BCUT2D eigenvalue weighted by molar-refractivity contribution is 5.72. The van der Waals surface area contributed by atoms with Crippen molar-refractivity contribution >= 4 is 17.9 Å². The fourth-order valence-electron chi connectivity index (χ4n) is 8.77. The maximum absolute atomic E-state index is 12.8. The normalized spacial score (nSPS) is 12.7. The smallest absolute Gasteiger partial charge is 0.310 e. The lowest BCUT2D eigenvalue weighted by Crippen LogP contribution is -2.30. The molecule has 0 N–H and O–H groups in total. The molecule has 0 aliphatic heterocycles. The predicted molar refractivity (Wildman–Crippen MR) is 320 cm³/mol. The van der Waals surface area contributed by atoms with Gasteiger partial charge in [0.1, 0.15) is 13.2 Å². The molecule has 424 valence electrons. The first-order chi connectivity index (χ1) is 36.5. The Kier molecular flexibility index (Phi) is 58.8. The summed E-state index contributed by atoms with van der Waals surface area (Å²) in [6.45, 7) is 6.33. The number of esters is 3. The molecule has 0 fully saturated rings. The number of carbonyl (C=O) groups is 3. The van der Waals surface area contributed by atoms with Gasteiger partial charge >= 0.3 is 17.9 Å². The zero-order valence-corrected chi connectivity index (χ0v) is 48.6. The van der Waals surface area contributed by atoms with E-state index >= 15 is 0 Å². The Hall–Kier alpha value is -3.67. The number of ether oxygens (including phenoxy) is 3. The molecule has 0 aliphatic carbocycles. The Balaban J connectivity index is 4.28. The van der Waals surface area contributed by atoms with Crippen molar-refractivity contribution in [1.29, 1.82) is 0 Å². The fourth-order valence-corrected chi connectivity index (χ4v) is 8.77. The van der Waals surface area contributed by atoms with E-state index in [2.05, 4.69) is 106 Å². The van der Waals surface area contributed by atoms with Crippen LogP contribution in [0.1, 0.15) is 297 Å². The summed E-state index contributed by atoms with van der Waals surface area (Å²) in [5, 5.41) is 0. The Labute approximate surface area is 457 Å². The van der Waals surface area contributed by atoms with Crippen LogP contribution >= 0.6 is 0 Å². The van der Waals surface area contributed by atoms with Crippen LogP contribution in [0.25, 0.3) is 0 Å². The molecule has 0 heterocycles. The molecule has 0 aromatic rings. The number of hydrogen-bond acceptors (Lipinski definition) is 6. The molecule has 0 amide bonds. The van der Waals surface area contributed by atoms with E-state index in [4.69, 9.17) is 14.2 Å². The van der Waals surface area contributed by atoms with Crippen LogP contribution in [0.3, 0.4) is 0 Å². The highest BCUT2D eigenvalue weighted by Gasteiger charge is 2.19. The molecular formula is C68H116O6. The van der Waals surface area contributed by atoms with Gasteiger partial charge in [-0.1, -0.05) is 298 Å². The van der Waals surface area contributed by atoms with E-state index in [1.165, 1.54) is 161 Å². The van der Waals surface area contributed by atoms with E-state index in [1.807, 2.05) is 6.08 Å². The van der Waals surface area contributed by atoms with Crippen molar-refractivity contribution in [2.75, 3.05) is 13.2 Å². The number of allylic oxidation sites excluding steroid dienone is 15. The van der Waals surface area contributed by atoms with E-state index in [-0.39, 0.29) is 31.6 Å². The third-order valence-electron chi connectivity index (χ3n) is 13.4. The summed E-state index contributed by atoms with van der Waals surface area (Å²) in [5.41, 5.74) is 0. The SMILES string of the molecule is CC/C=C\C/C=C\C/C=C\C/C=C\C/C=C\CC(=O)OC(COC(=O)CCCCC/C=C\C/C=C\C/C=C\CC)COC(=O)CCCCCCCCCCCCCCCCCCCCCCCCCCCCCC. The van der Waals surface area contributed by atoms with Crippen molar-refractivity contribution in [3.05, 3.63) is 97.2 Å². The van der Waals surface area contributed by atoms with Gasteiger partial charge in [-0.2, -0.15) is 0 Å². The minimum absolute atomic E-state index is 0.0899. The standard InChI is InChI=1S/C68H116O6/c1-4-7-10-13-16-19-22-25-27-28-29-30-31-32-33-34-35-36-37-38-39-41-43-46-49-52-55-58-61-67(70)73-64-65(63-72-66(69)60-57-54-51-48-45-42-24-21-18-15-12-9-6-3)74-68(71)62-59-56-53-50-47-44-40-26-23-20-17-14-11-8-5-2/h8-9,11-12,17-18,20-21,26,40,42,45,47,50,56,59,65H,4-7,10,13-16,19,22-25,27-39,41,43-44,46,48-49,51-55,57-58,60-64H2,1-3H3/b11-8-,12-9-,20-17-,21-18-,40-26-,45-42-,50-47-,59-56-. The number of carbonyl (C=O) groups excluding carboxylic acids is 3. The topological polar surface area (TPSA) is 78.9 Å². The van der Waals surface area contributed by atoms with Crippen LogP contribution in [0.15, 0.2) is 97.2 Å². The molecule has 0 bridgehead atoms. The van der Waals surface area contributed by atoms with Gasteiger partial charge in [0.2, 0.25) is 0 Å². The molecule has 1 unspecified atom stereocenters. The molecule has 6 nitrogen and oxygen atoms in total. The summed E-state index contributed by atoms with van der Waals surface area (Å²) in [7, 11) is 0. The van der Waals surface area contributed by atoms with Crippen LogP contribution in [0, 0.1) is 0 Å². The van der Waals surface area contributed by atoms with Gasteiger partial charge in [-0.05, 0) is 77.0 Å². The summed E-state index contributed by atoms with van der Waals surface area (Å²) >= 11 is 0. The maximum Gasteiger partial charge on any atom is 0.310 e. The van der Waals surface area contributed by atoms with Gasteiger partial charge in [0.25, 0.3) is 0 Å². The summed E-state index contributed by atoms with van der Waals surface area (Å²) in [5.74, 6) is -1.08. The Morgan fingerprint density at radius 3 is 0.892 bits per heavy atom. The minimum atomic E-state index is -0.844. The van der Waals surface area contributed by atoms with Crippen LogP contribution in [0.4, 0.5) is 0 Å². The van der Waals surface area contributed by atoms with Crippen molar-refractivity contribution in [2.45, 2.75) is 303 Å². The summed E-state index contributed by atoms with van der Waals surface area (Å²) in [6, 6.07) is 0. The Morgan fingerprint density at radius 1 is 0.297 bits per heavy atom. The molecular weight excluding hydrogens is 913 g/mol. The van der Waals surface area contributed by atoms with Gasteiger partial charge in [0.15, 0.2) is 6.10 Å². The molecule has 0 aliphatic rings. The average molecular weight is 1030 g/mol. The van der Waals surface area contributed by atoms with Crippen LogP contribution in [0.5, 0.6) is 0 Å². The molecule has 0 aromatic carbocycles. The van der Waals surface area contributed by atoms with E-state index in [0.29, 0.717) is 19.3 Å². The highest BCUT2D eigenvalue weighted by atomic mass is 16.6. The van der Waals surface area contributed by atoms with Crippen LogP contribution in [-0.4, -0.2) is 37.2 Å². The third-order valence-corrected chi connectivity index (χ3v) is 13.4. The summed E-state index contributed by atoms with van der Waals surface area (Å²) in [4.78, 5) is 38.1. The number of unbranched alkanes of at least 4 members (excludes halogenated alkanes) is 30. The first kappa shape index (κ1) is 70.3. The fraction of sp³-hybridized carbons (Fsp3) is 0.721. The molecule has 0 rings (SSSR count). The molecule has 0 saturated heterocycles. The van der Waals surface area contributed by atoms with Crippen molar-refractivity contribution in [2.24, 2.45) is 0 Å². The lowest BCUT2D eigenvalue weighted by Gasteiger charge is -2.18. The quantitative estimate of drug-likeness (QED) is 0.0261. The van der Waals surface area contributed by atoms with Gasteiger partial charge in [-0.25, -0.2) is 0 Å². The first-order valence-electron chi connectivity index (χ1n) is 31.2. The third kappa shape index (κ3) is 59.2. The molecule has 6 heteroatoms. The van der Waals surface area contributed by atoms with Gasteiger partial charge in [-0.3, -0.25) is 14.4 Å². The van der Waals surface area contributed by atoms with Crippen LogP contribution in [0.2, 0.25) is 0 Å². The summed E-state index contributed by atoms with van der Waals surface area (Å²) in [6.07, 6.45) is 83.3. The van der Waals surface area contributed by atoms with Crippen LogP contribution < -0.4 is 0 Å². The lowest BCUT2D eigenvalue weighted by atomic mass is 10.0. The molecule has 0 saturated carbocycles. The number of hydrogen-bond donors (Lipinski definition) is 0. The van der Waals surface area contributed by atoms with Gasteiger partial charge in [-0.15, -0.1) is 0 Å². The maximum atomic E-state index is 12.8. The first-order valence-corrected chi connectivity index (χ1v) is 31.2.